The van der Waals surface area contributed by atoms with Gasteiger partial charge >= 0.3 is 0 Å². The molecule has 5 amide bonds. The average molecular weight is 686 g/mol. The number of para-hydroxylation sites is 1. The molecule has 0 spiro atoms. The van der Waals surface area contributed by atoms with Gasteiger partial charge in [-0.05, 0) is 30.0 Å². The fraction of sp³-hybridized carbons (Fsp3) is 0.324. The predicted molar refractivity (Wildman–Crippen MR) is 187 cm³/mol. The SMILES string of the molecule is CC(=O)N[C@@H](Cc1cnc[nH]1)C(=O)N(CC(=O)N[C@@H](CCCN=C(N)N)C(=O)N[C@@H](Cc1c[nH]c2ccccc12)C(N)=O)Cc1ccccc1. The molecular formula is C34H43N11O5. The number of nitrogens with zero attached hydrogens (tertiary/aromatic N) is 3. The fourth-order valence-corrected chi connectivity index (χ4v) is 5.50. The van der Waals surface area contributed by atoms with Gasteiger partial charge in [-0.1, -0.05) is 48.5 Å². The predicted octanol–water partition coefficient (Wildman–Crippen LogP) is -0.282. The van der Waals surface area contributed by atoms with Crippen LogP contribution in [-0.4, -0.2) is 86.6 Å². The minimum absolute atomic E-state index is 0.0435. The van der Waals surface area contributed by atoms with Crippen LogP contribution in [0.15, 0.2) is 78.3 Å². The minimum atomic E-state index is -1.13. The van der Waals surface area contributed by atoms with Gasteiger partial charge in [0.2, 0.25) is 29.5 Å². The summed E-state index contributed by atoms with van der Waals surface area (Å²) < 4.78 is 0. The van der Waals surface area contributed by atoms with Crippen LogP contribution in [-0.2, 0) is 43.4 Å². The van der Waals surface area contributed by atoms with Crippen LogP contribution in [0.1, 0.15) is 36.6 Å². The van der Waals surface area contributed by atoms with Crippen molar-refractivity contribution in [3.63, 3.8) is 0 Å². The van der Waals surface area contributed by atoms with E-state index in [9.17, 15) is 24.0 Å². The van der Waals surface area contributed by atoms with Crippen LogP contribution in [0, 0.1) is 0 Å². The van der Waals surface area contributed by atoms with Crippen molar-refractivity contribution in [1.29, 1.82) is 0 Å². The van der Waals surface area contributed by atoms with E-state index in [0.29, 0.717) is 12.1 Å². The molecule has 0 radical (unpaired) electrons. The van der Waals surface area contributed by atoms with Gasteiger partial charge in [0, 0.05) is 61.8 Å². The molecule has 2 aromatic carbocycles. The summed E-state index contributed by atoms with van der Waals surface area (Å²) >= 11 is 0. The zero-order valence-electron chi connectivity index (χ0n) is 27.7. The number of imidazole rings is 1. The molecule has 16 nitrogen and oxygen atoms in total. The minimum Gasteiger partial charge on any atom is -0.370 e. The molecule has 4 rings (SSSR count). The molecule has 0 aliphatic rings. The number of hydrogen-bond acceptors (Lipinski definition) is 7. The molecule has 11 N–H and O–H groups in total. The number of aromatic amines is 2. The first-order chi connectivity index (χ1) is 24.0. The summed E-state index contributed by atoms with van der Waals surface area (Å²) in [4.78, 5) is 81.1. The number of fused-ring (bicyclic) bond motifs is 1. The lowest BCUT2D eigenvalue weighted by Crippen LogP contribution is -2.56. The first-order valence-electron chi connectivity index (χ1n) is 16.1. The average Bonchev–Trinajstić information content (AvgIpc) is 3.75. The Morgan fingerprint density at radius 2 is 1.62 bits per heavy atom. The molecular weight excluding hydrogens is 642 g/mol. The number of rotatable bonds is 18. The number of H-pyrrole nitrogens is 2. The maximum absolute atomic E-state index is 13.9. The topological polar surface area (TPSA) is 260 Å². The lowest BCUT2D eigenvalue weighted by molar-refractivity contribution is -0.140. The number of amides is 5. The molecule has 4 aromatic rings. The largest absolute Gasteiger partial charge is 0.370 e. The maximum Gasteiger partial charge on any atom is 0.246 e. The van der Waals surface area contributed by atoms with Gasteiger partial charge in [0.25, 0.3) is 0 Å². The molecule has 0 fully saturated rings. The first kappa shape index (κ1) is 36.6. The Hall–Kier alpha value is -6.19. The number of hydrogen-bond donors (Lipinski definition) is 8. The van der Waals surface area contributed by atoms with Crippen LogP contribution in [0.4, 0.5) is 0 Å². The van der Waals surface area contributed by atoms with Crippen LogP contribution >= 0.6 is 0 Å². The number of benzene rings is 2. The third-order valence-corrected chi connectivity index (χ3v) is 7.87. The highest BCUT2D eigenvalue weighted by Gasteiger charge is 2.30. The van der Waals surface area contributed by atoms with Crippen molar-refractivity contribution in [2.45, 2.75) is 57.3 Å². The summed E-state index contributed by atoms with van der Waals surface area (Å²) in [5.74, 6) is -3.12. The lowest BCUT2D eigenvalue weighted by Gasteiger charge is -2.28. The van der Waals surface area contributed by atoms with Crippen molar-refractivity contribution < 1.29 is 24.0 Å². The van der Waals surface area contributed by atoms with Gasteiger partial charge in [-0.2, -0.15) is 0 Å². The molecule has 2 heterocycles. The number of carbonyl (C=O) groups is 5. The van der Waals surface area contributed by atoms with E-state index in [1.807, 2.05) is 30.3 Å². The molecule has 0 unspecified atom stereocenters. The molecule has 0 saturated carbocycles. The van der Waals surface area contributed by atoms with Crippen molar-refractivity contribution in [3.05, 3.63) is 90.1 Å². The summed E-state index contributed by atoms with van der Waals surface area (Å²) in [6.45, 7) is 1.08. The fourth-order valence-electron chi connectivity index (χ4n) is 5.50. The lowest BCUT2D eigenvalue weighted by atomic mass is 10.0. The molecule has 0 aliphatic carbocycles. The van der Waals surface area contributed by atoms with Gasteiger partial charge in [-0.25, -0.2) is 4.98 Å². The van der Waals surface area contributed by atoms with Crippen LogP contribution < -0.4 is 33.2 Å². The van der Waals surface area contributed by atoms with Crippen molar-refractivity contribution in [2.24, 2.45) is 22.2 Å². The monoisotopic (exact) mass is 685 g/mol. The smallest absolute Gasteiger partial charge is 0.246 e. The van der Waals surface area contributed by atoms with Gasteiger partial charge in [0.15, 0.2) is 5.96 Å². The Kier molecular flexibility index (Phi) is 13.1. The van der Waals surface area contributed by atoms with E-state index in [1.165, 1.54) is 18.2 Å². The summed E-state index contributed by atoms with van der Waals surface area (Å²) in [6, 6.07) is 13.3. The molecule has 0 bridgehead atoms. The van der Waals surface area contributed by atoms with E-state index in [1.54, 1.807) is 36.7 Å². The summed E-state index contributed by atoms with van der Waals surface area (Å²) in [7, 11) is 0. The van der Waals surface area contributed by atoms with Crippen molar-refractivity contribution in [2.75, 3.05) is 13.1 Å². The van der Waals surface area contributed by atoms with E-state index >= 15 is 0 Å². The number of nitrogens with one attached hydrogen (secondary N) is 5. The Balaban J connectivity index is 1.53. The van der Waals surface area contributed by atoms with Crippen LogP contribution in [0.2, 0.25) is 0 Å². The molecule has 3 atom stereocenters. The highest BCUT2D eigenvalue weighted by molar-refractivity contribution is 5.94. The van der Waals surface area contributed by atoms with E-state index in [2.05, 4.69) is 35.9 Å². The summed E-state index contributed by atoms with van der Waals surface area (Å²) in [5.41, 5.74) is 19.6. The number of nitrogens with two attached hydrogens (primary N) is 3. The Morgan fingerprint density at radius 3 is 2.30 bits per heavy atom. The highest BCUT2D eigenvalue weighted by atomic mass is 16.2. The second-order valence-electron chi connectivity index (χ2n) is 11.8. The number of aliphatic imine (C=N–C) groups is 1. The second-order valence-corrected chi connectivity index (χ2v) is 11.8. The summed E-state index contributed by atoms with van der Waals surface area (Å²) in [6.07, 6.45) is 5.38. The number of carbonyl (C=O) groups excluding carboxylic acids is 5. The van der Waals surface area contributed by atoms with Gasteiger partial charge in [0.05, 0.1) is 12.9 Å². The van der Waals surface area contributed by atoms with Crippen LogP contribution in [0.25, 0.3) is 10.9 Å². The van der Waals surface area contributed by atoms with E-state index in [4.69, 9.17) is 17.2 Å². The third-order valence-electron chi connectivity index (χ3n) is 7.87. The highest BCUT2D eigenvalue weighted by Crippen LogP contribution is 2.19. The quantitative estimate of drug-likeness (QED) is 0.0391. The van der Waals surface area contributed by atoms with Gasteiger partial charge < -0.3 is 48.0 Å². The van der Waals surface area contributed by atoms with Gasteiger partial charge in [-0.15, -0.1) is 0 Å². The molecule has 264 valence electrons. The van der Waals surface area contributed by atoms with Crippen LogP contribution in [0.3, 0.4) is 0 Å². The number of aromatic nitrogens is 3. The van der Waals surface area contributed by atoms with E-state index in [0.717, 1.165) is 22.0 Å². The third kappa shape index (κ3) is 10.9. The normalized spacial score (nSPS) is 12.7. The molecule has 0 saturated heterocycles. The second kappa shape index (κ2) is 17.8. The maximum atomic E-state index is 13.9. The molecule has 50 heavy (non-hydrogen) atoms. The number of primary amides is 1. The van der Waals surface area contributed by atoms with Crippen molar-refractivity contribution >= 4 is 46.4 Å². The Bertz CT molecular complexity index is 1790. The number of guanidine groups is 1. The Labute approximate surface area is 288 Å². The zero-order valence-corrected chi connectivity index (χ0v) is 27.7. The van der Waals surface area contributed by atoms with Gasteiger partial charge in [0.1, 0.15) is 18.1 Å². The van der Waals surface area contributed by atoms with Crippen molar-refractivity contribution in [3.8, 4) is 0 Å². The molecule has 16 heteroatoms. The van der Waals surface area contributed by atoms with Crippen molar-refractivity contribution in [1.82, 2.24) is 35.8 Å². The van der Waals surface area contributed by atoms with E-state index < -0.39 is 54.2 Å². The summed E-state index contributed by atoms with van der Waals surface area (Å²) in [5, 5.41) is 8.95. The first-order valence-corrected chi connectivity index (χ1v) is 16.1. The Morgan fingerprint density at radius 1 is 0.880 bits per heavy atom. The van der Waals surface area contributed by atoms with Crippen LogP contribution in [0.5, 0.6) is 0 Å². The van der Waals surface area contributed by atoms with Gasteiger partial charge in [-0.3, -0.25) is 29.0 Å². The molecule has 2 aromatic heterocycles. The standard InChI is InChI=1S/C34H43N11O5/c1-21(46)42-29(15-24-17-38-20-41-24)33(50)45(18-22-8-3-2-4-9-22)19-30(47)43-27(12-7-13-39-34(36)37)32(49)44-28(31(35)48)14-23-16-40-26-11-6-5-10-25(23)26/h2-6,8-11,16-17,20,27-29,40H,7,12-15,18-19H2,1H3,(H2,35,48)(H,38,41)(H,42,46)(H,43,47)(H,44,49)(H4,36,37,39)/t27-,28-,29-/m0/s1. The zero-order chi connectivity index (χ0) is 36.0. The molecule has 0 aliphatic heterocycles. The van der Waals surface area contributed by atoms with E-state index in [-0.39, 0.29) is 38.3 Å².